The highest BCUT2D eigenvalue weighted by molar-refractivity contribution is 7.89. The van der Waals surface area contributed by atoms with Gasteiger partial charge in [0.2, 0.25) is 15.9 Å². The second-order valence-corrected chi connectivity index (χ2v) is 12.6. The predicted molar refractivity (Wildman–Crippen MR) is 154 cm³/mol. The lowest BCUT2D eigenvalue weighted by Crippen LogP contribution is -2.53. The molecule has 0 spiro atoms. The van der Waals surface area contributed by atoms with Crippen LogP contribution in [0.25, 0.3) is 0 Å². The Bertz CT molecular complexity index is 1380. The van der Waals surface area contributed by atoms with Crippen molar-refractivity contribution >= 4 is 15.9 Å². The molecule has 0 fully saturated rings. The summed E-state index contributed by atoms with van der Waals surface area (Å²) in [5.41, 5.74) is 0.447. The number of nitrogens with one attached hydrogen (secondary N) is 2. The average molecular weight is 573 g/mol. The lowest BCUT2D eigenvalue weighted by molar-refractivity contribution is -0.127. The Kier molecular flexibility index (Phi) is 10.7. The summed E-state index contributed by atoms with van der Waals surface area (Å²) in [5, 5.41) is 14.4. The number of methoxy groups -OCH3 is 1. The molecule has 0 saturated carbocycles. The number of rotatable bonds is 14. The van der Waals surface area contributed by atoms with Crippen molar-refractivity contribution in [2.45, 2.75) is 57.2 Å². The van der Waals surface area contributed by atoms with Crippen molar-refractivity contribution in [3.05, 3.63) is 83.0 Å². The lowest BCUT2D eigenvalue weighted by atomic mass is 9.98. The largest absolute Gasteiger partial charge is 0.497 e. The number of nitrogens with zero attached hydrogens (tertiary/aromatic N) is 2. The summed E-state index contributed by atoms with van der Waals surface area (Å²) in [6, 6.07) is 13.8. The highest BCUT2D eigenvalue weighted by Gasteiger charge is 2.33. The minimum absolute atomic E-state index is 0.0202. The van der Waals surface area contributed by atoms with E-state index in [1.807, 2.05) is 58.0 Å². The smallest absolute Gasteiger partial charge is 0.326 e. The molecule has 0 saturated heterocycles. The molecule has 10 nitrogen and oxygen atoms in total. The molecule has 1 aromatic heterocycles. The molecular weight excluding hydrogens is 532 g/mol. The number of carbonyl (C=O) groups is 1. The monoisotopic (exact) mass is 572 g/mol. The Hall–Kier alpha value is -3.41. The molecule has 3 rings (SSSR count). The Morgan fingerprint density at radius 1 is 1.05 bits per heavy atom. The summed E-state index contributed by atoms with van der Waals surface area (Å²) in [5.74, 6) is -0.157. The van der Waals surface area contributed by atoms with Crippen LogP contribution in [0.4, 0.5) is 0 Å². The van der Waals surface area contributed by atoms with Gasteiger partial charge in [-0.05, 0) is 48.1 Å². The van der Waals surface area contributed by atoms with E-state index in [-0.39, 0.29) is 36.2 Å². The molecule has 0 aliphatic rings. The van der Waals surface area contributed by atoms with Gasteiger partial charge < -0.3 is 20.1 Å². The van der Waals surface area contributed by atoms with Gasteiger partial charge >= 0.3 is 5.69 Å². The zero-order valence-corrected chi connectivity index (χ0v) is 24.5. The van der Waals surface area contributed by atoms with Crippen LogP contribution in [0.15, 0.2) is 76.7 Å². The molecule has 218 valence electrons. The first-order valence-corrected chi connectivity index (χ1v) is 14.8. The number of hydrogen-bond donors (Lipinski definition) is 3. The topological polar surface area (TPSA) is 134 Å². The number of amides is 1. The summed E-state index contributed by atoms with van der Waals surface area (Å²) >= 11 is 0. The minimum atomic E-state index is -3.97. The number of benzene rings is 2. The Labute approximate surface area is 236 Å². The van der Waals surface area contributed by atoms with Crippen molar-refractivity contribution < 1.29 is 23.1 Å². The first kappa shape index (κ1) is 31.1. The third kappa shape index (κ3) is 7.83. The number of aliphatic hydroxyl groups is 1. The van der Waals surface area contributed by atoms with E-state index in [0.29, 0.717) is 5.75 Å². The Morgan fingerprint density at radius 2 is 1.70 bits per heavy atom. The second kappa shape index (κ2) is 13.8. The zero-order chi connectivity index (χ0) is 29.4. The van der Waals surface area contributed by atoms with Crippen LogP contribution in [-0.4, -0.2) is 65.6 Å². The summed E-state index contributed by atoms with van der Waals surface area (Å²) in [4.78, 5) is 28.5. The van der Waals surface area contributed by atoms with Crippen LogP contribution in [0, 0.1) is 11.8 Å². The molecule has 3 aromatic rings. The average Bonchev–Trinajstić information content (AvgIpc) is 3.33. The Morgan fingerprint density at radius 3 is 2.23 bits per heavy atom. The zero-order valence-electron chi connectivity index (χ0n) is 23.7. The maximum atomic E-state index is 13.6. The van der Waals surface area contributed by atoms with Crippen LogP contribution in [-0.2, 0) is 21.2 Å². The number of ether oxygens (including phenoxy) is 1. The van der Waals surface area contributed by atoms with E-state index in [1.165, 1.54) is 40.5 Å². The van der Waals surface area contributed by atoms with Gasteiger partial charge in [-0.2, -0.15) is 4.31 Å². The summed E-state index contributed by atoms with van der Waals surface area (Å²) in [7, 11) is -2.46. The summed E-state index contributed by atoms with van der Waals surface area (Å²) < 4.78 is 35.0. The predicted octanol–water partition coefficient (Wildman–Crippen LogP) is 2.82. The van der Waals surface area contributed by atoms with Gasteiger partial charge in [0, 0.05) is 25.5 Å². The quantitative estimate of drug-likeness (QED) is 0.272. The molecule has 0 bridgehead atoms. The van der Waals surface area contributed by atoms with E-state index >= 15 is 0 Å². The van der Waals surface area contributed by atoms with Crippen LogP contribution < -0.4 is 15.7 Å². The molecule has 3 atom stereocenters. The van der Waals surface area contributed by atoms with Gasteiger partial charge in [-0.25, -0.2) is 13.2 Å². The molecule has 1 heterocycles. The fraction of sp³-hybridized carbons (Fsp3) is 0.448. The van der Waals surface area contributed by atoms with Crippen LogP contribution in [0.5, 0.6) is 5.75 Å². The molecule has 2 aromatic carbocycles. The van der Waals surface area contributed by atoms with E-state index in [2.05, 4.69) is 10.3 Å². The van der Waals surface area contributed by atoms with E-state index in [4.69, 9.17) is 4.74 Å². The number of sulfonamides is 1. The van der Waals surface area contributed by atoms with Crippen LogP contribution in [0.3, 0.4) is 0 Å². The summed E-state index contributed by atoms with van der Waals surface area (Å²) in [6.07, 6.45) is 2.00. The molecular formula is C29H40N4O6S. The van der Waals surface area contributed by atoms with Crippen molar-refractivity contribution in [1.82, 2.24) is 19.2 Å². The number of hydrogen-bond acceptors (Lipinski definition) is 6. The van der Waals surface area contributed by atoms with Gasteiger partial charge in [-0.15, -0.1) is 0 Å². The molecule has 0 aliphatic carbocycles. The van der Waals surface area contributed by atoms with Gasteiger partial charge in [0.15, 0.2) is 0 Å². The molecule has 1 amide bonds. The SMILES string of the molecule is COc1ccc(S(=O)(=O)N(CC(C)C)C[C@@H](O)[C@H](Cc2ccccc2)NC(=O)[C@H](C(C)C)n2cc[nH]c2=O)cc1. The van der Waals surface area contributed by atoms with E-state index < -0.39 is 39.8 Å². The van der Waals surface area contributed by atoms with Crippen molar-refractivity contribution in [1.29, 1.82) is 0 Å². The number of aliphatic hydroxyl groups excluding tert-OH is 1. The lowest BCUT2D eigenvalue weighted by Gasteiger charge is -2.32. The molecule has 40 heavy (non-hydrogen) atoms. The van der Waals surface area contributed by atoms with Crippen LogP contribution in [0.1, 0.15) is 39.3 Å². The first-order chi connectivity index (χ1) is 18.9. The van der Waals surface area contributed by atoms with E-state index in [9.17, 15) is 23.1 Å². The highest BCUT2D eigenvalue weighted by atomic mass is 32.2. The molecule has 3 N–H and O–H groups in total. The minimum Gasteiger partial charge on any atom is -0.497 e. The third-order valence-corrected chi connectivity index (χ3v) is 8.47. The van der Waals surface area contributed by atoms with Crippen molar-refractivity contribution in [2.24, 2.45) is 11.8 Å². The highest BCUT2D eigenvalue weighted by Crippen LogP contribution is 2.22. The third-order valence-electron chi connectivity index (χ3n) is 6.62. The van der Waals surface area contributed by atoms with Crippen molar-refractivity contribution in [2.75, 3.05) is 20.2 Å². The van der Waals surface area contributed by atoms with E-state index in [0.717, 1.165) is 5.56 Å². The Balaban J connectivity index is 1.92. The van der Waals surface area contributed by atoms with Crippen molar-refractivity contribution in [3.63, 3.8) is 0 Å². The second-order valence-electron chi connectivity index (χ2n) is 10.6. The molecule has 0 aliphatic heterocycles. The molecule has 0 radical (unpaired) electrons. The van der Waals surface area contributed by atoms with Gasteiger partial charge in [0.05, 0.1) is 24.2 Å². The van der Waals surface area contributed by atoms with Crippen LogP contribution in [0.2, 0.25) is 0 Å². The number of H-pyrrole nitrogens is 1. The number of aromatic amines is 1. The number of carbonyl (C=O) groups excluding carboxylic acids is 1. The summed E-state index contributed by atoms with van der Waals surface area (Å²) in [6.45, 7) is 7.39. The maximum absolute atomic E-state index is 13.6. The van der Waals surface area contributed by atoms with Gasteiger partial charge in [0.1, 0.15) is 11.8 Å². The fourth-order valence-corrected chi connectivity index (χ4v) is 6.25. The fourth-order valence-electron chi connectivity index (χ4n) is 4.63. The van der Waals surface area contributed by atoms with Gasteiger partial charge in [-0.1, -0.05) is 58.0 Å². The number of aromatic nitrogens is 2. The standard InChI is InChI=1S/C29H40N4O6S/c1-20(2)18-32(40(37,38)24-13-11-23(39-5)12-14-24)19-26(34)25(17-22-9-7-6-8-10-22)31-28(35)27(21(3)4)33-16-15-30-29(33)36/h6-16,20-21,25-27,34H,17-19H2,1-5H3,(H,30,36)(H,31,35)/t25-,26+,27-/m0/s1. The molecule has 11 heteroatoms. The van der Waals surface area contributed by atoms with Crippen molar-refractivity contribution in [3.8, 4) is 5.75 Å². The maximum Gasteiger partial charge on any atom is 0.326 e. The van der Waals surface area contributed by atoms with E-state index in [1.54, 1.807) is 12.1 Å². The first-order valence-electron chi connectivity index (χ1n) is 13.4. The normalized spacial score (nSPS) is 14.3. The van der Waals surface area contributed by atoms with Crippen LogP contribution >= 0.6 is 0 Å². The van der Waals surface area contributed by atoms with Gasteiger partial charge in [0.25, 0.3) is 0 Å². The van der Waals surface area contributed by atoms with Gasteiger partial charge in [-0.3, -0.25) is 9.36 Å². The molecule has 0 unspecified atom stereocenters. The number of imidazole rings is 1.